The zero-order valence-corrected chi connectivity index (χ0v) is 15.9. The maximum Gasteiger partial charge on any atom is 0.270 e. The Kier molecular flexibility index (Phi) is 4.68. The van der Waals surface area contributed by atoms with Crippen molar-refractivity contribution in [3.05, 3.63) is 48.4 Å². The van der Waals surface area contributed by atoms with Crippen molar-refractivity contribution < 1.29 is 9.53 Å². The van der Waals surface area contributed by atoms with E-state index in [1.54, 1.807) is 0 Å². The molecular formula is C20H23N3O2S. The van der Waals surface area contributed by atoms with Gasteiger partial charge in [-0.05, 0) is 38.1 Å². The van der Waals surface area contributed by atoms with Gasteiger partial charge in [-0.2, -0.15) is 11.8 Å². The van der Waals surface area contributed by atoms with Gasteiger partial charge in [-0.25, -0.2) is 0 Å². The lowest BCUT2D eigenvalue weighted by atomic mass is 10.2. The molecule has 1 saturated heterocycles. The van der Waals surface area contributed by atoms with Gasteiger partial charge in [0, 0.05) is 60.0 Å². The first-order valence-corrected chi connectivity index (χ1v) is 10.1. The number of benzene rings is 1. The zero-order chi connectivity index (χ0) is 18.1. The monoisotopic (exact) mass is 369 g/mol. The van der Waals surface area contributed by atoms with E-state index in [2.05, 4.69) is 23.4 Å². The number of nitrogens with zero attached hydrogens (tertiary/aromatic N) is 2. The lowest BCUT2D eigenvalue weighted by Crippen LogP contribution is -2.38. The Labute approximate surface area is 157 Å². The van der Waals surface area contributed by atoms with Gasteiger partial charge in [0.25, 0.3) is 5.91 Å². The van der Waals surface area contributed by atoms with Crippen molar-refractivity contribution in [1.29, 1.82) is 0 Å². The number of thioether (sulfide) groups is 1. The SMILES string of the molecule is CC(C)n1ccc(Oc2ccc3cc(C(=O)N4CCSCC4)[nH]c3c2)c1. The Hall–Kier alpha value is -2.34. The quantitative estimate of drug-likeness (QED) is 0.735. The van der Waals surface area contributed by atoms with Crippen LogP contribution < -0.4 is 4.74 Å². The predicted molar refractivity (Wildman–Crippen MR) is 106 cm³/mol. The number of rotatable bonds is 4. The molecule has 0 aliphatic carbocycles. The molecule has 4 rings (SSSR count). The summed E-state index contributed by atoms with van der Waals surface area (Å²) in [5.41, 5.74) is 1.57. The molecule has 3 aromatic rings. The number of carbonyl (C=O) groups is 1. The second-order valence-electron chi connectivity index (χ2n) is 6.83. The van der Waals surface area contributed by atoms with E-state index >= 15 is 0 Å². The highest BCUT2D eigenvalue weighted by Crippen LogP contribution is 2.27. The third-order valence-electron chi connectivity index (χ3n) is 4.64. The van der Waals surface area contributed by atoms with Crippen LogP contribution in [0.5, 0.6) is 11.5 Å². The lowest BCUT2D eigenvalue weighted by Gasteiger charge is -2.25. The number of aromatic amines is 1. The van der Waals surface area contributed by atoms with Gasteiger partial charge in [-0.15, -0.1) is 0 Å². The Morgan fingerprint density at radius 1 is 1.15 bits per heavy atom. The average molecular weight is 369 g/mol. The van der Waals surface area contributed by atoms with Crippen LogP contribution in [0.15, 0.2) is 42.7 Å². The predicted octanol–water partition coefficient (Wildman–Crippen LogP) is 4.53. The van der Waals surface area contributed by atoms with Gasteiger partial charge in [-0.3, -0.25) is 4.79 Å². The Bertz CT molecular complexity index is 922. The summed E-state index contributed by atoms with van der Waals surface area (Å²) >= 11 is 1.90. The number of hydrogen-bond donors (Lipinski definition) is 1. The van der Waals surface area contributed by atoms with E-state index in [-0.39, 0.29) is 5.91 Å². The summed E-state index contributed by atoms with van der Waals surface area (Å²) in [6, 6.07) is 10.2. The highest BCUT2D eigenvalue weighted by atomic mass is 32.2. The average Bonchev–Trinajstić information content (AvgIpc) is 3.28. The van der Waals surface area contributed by atoms with Crippen LogP contribution in [0.3, 0.4) is 0 Å². The van der Waals surface area contributed by atoms with Crippen LogP contribution in [0.1, 0.15) is 30.4 Å². The van der Waals surface area contributed by atoms with Crippen molar-refractivity contribution in [3.8, 4) is 11.5 Å². The number of hydrogen-bond acceptors (Lipinski definition) is 3. The summed E-state index contributed by atoms with van der Waals surface area (Å²) in [5, 5.41) is 1.02. The van der Waals surface area contributed by atoms with Gasteiger partial charge in [0.1, 0.15) is 17.2 Å². The van der Waals surface area contributed by atoms with Crippen LogP contribution in [0.4, 0.5) is 0 Å². The molecule has 6 heteroatoms. The van der Waals surface area contributed by atoms with Gasteiger partial charge in [0.15, 0.2) is 0 Å². The number of ether oxygens (including phenoxy) is 1. The number of aromatic nitrogens is 2. The maximum atomic E-state index is 12.7. The zero-order valence-electron chi connectivity index (χ0n) is 15.1. The van der Waals surface area contributed by atoms with E-state index in [1.807, 2.05) is 59.4 Å². The minimum Gasteiger partial charge on any atom is -0.456 e. The van der Waals surface area contributed by atoms with Crippen molar-refractivity contribution in [2.45, 2.75) is 19.9 Å². The second kappa shape index (κ2) is 7.11. The molecular weight excluding hydrogens is 346 g/mol. The highest BCUT2D eigenvalue weighted by Gasteiger charge is 2.20. The first-order valence-electron chi connectivity index (χ1n) is 8.95. The second-order valence-corrected chi connectivity index (χ2v) is 8.05. The summed E-state index contributed by atoms with van der Waals surface area (Å²) in [5.74, 6) is 3.68. The molecule has 0 unspecified atom stereocenters. The first-order chi connectivity index (χ1) is 12.6. The van der Waals surface area contributed by atoms with Crippen LogP contribution in [0.25, 0.3) is 10.9 Å². The molecule has 136 valence electrons. The van der Waals surface area contributed by atoms with Crippen LogP contribution >= 0.6 is 11.8 Å². The summed E-state index contributed by atoms with van der Waals surface area (Å²) < 4.78 is 8.07. The van der Waals surface area contributed by atoms with E-state index in [1.165, 1.54) is 0 Å². The molecule has 1 aromatic carbocycles. The van der Waals surface area contributed by atoms with Crippen LogP contribution in [-0.2, 0) is 0 Å². The molecule has 0 saturated carbocycles. The maximum absolute atomic E-state index is 12.7. The summed E-state index contributed by atoms with van der Waals surface area (Å²) in [6.07, 6.45) is 4.01. The van der Waals surface area contributed by atoms with Crippen molar-refractivity contribution in [2.75, 3.05) is 24.6 Å². The Morgan fingerprint density at radius 2 is 1.96 bits per heavy atom. The number of amides is 1. The van der Waals surface area contributed by atoms with Crippen LogP contribution in [0, 0.1) is 0 Å². The summed E-state index contributed by atoms with van der Waals surface area (Å²) in [6.45, 7) is 5.91. The Balaban J connectivity index is 1.54. The smallest absolute Gasteiger partial charge is 0.270 e. The molecule has 5 nitrogen and oxygen atoms in total. The van der Waals surface area contributed by atoms with Gasteiger partial charge >= 0.3 is 0 Å². The molecule has 0 spiro atoms. The summed E-state index contributed by atoms with van der Waals surface area (Å²) in [4.78, 5) is 17.8. The van der Waals surface area contributed by atoms with Crippen molar-refractivity contribution in [1.82, 2.24) is 14.5 Å². The van der Waals surface area contributed by atoms with E-state index in [9.17, 15) is 4.79 Å². The van der Waals surface area contributed by atoms with Gasteiger partial charge in [0.05, 0.1) is 0 Å². The van der Waals surface area contributed by atoms with E-state index in [4.69, 9.17) is 4.74 Å². The van der Waals surface area contributed by atoms with E-state index < -0.39 is 0 Å². The number of fused-ring (bicyclic) bond motifs is 1. The molecule has 3 heterocycles. The van der Waals surface area contributed by atoms with Crippen LogP contribution in [0.2, 0.25) is 0 Å². The fourth-order valence-electron chi connectivity index (χ4n) is 3.13. The fraction of sp³-hybridized carbons (Fsp3) is 0.350. The largest absolute Gasteiger partial charge is 0.456 e. The number of carbonyl (C=O) groups excluding carboxylic acids is 1. The third-order valence-corrected chi connectivity index (χ3v) is 5.58. The molecule has 1 aliphatic heterocycles. The Morgan fingerprint density at radius 3 is 2.69 bits per heavy atom. The topological polar surface area (TPSA) is 50.3 Å². The third kappa shape index (κ3) is 3.46. The molecule has 1 aliphatic rings. The van der Waals surface area contributed by atoms with Gasteiger partial charge in [-0.1, -0.05) is 0 Å². The standard InChI is InChI=1S/C20H23N3O2S/c1-14(2)23-6-5-17(13-23)25-16-4-3-15-11-19(21-18(15)12-16)20(24)22-7-9-26-10-8-22/h3-6,11-14,21H,7-10H2,1-2H3. The van der Waals surface area contributed by atoms with Crippen molar-refractivity contribution in [2.24, 2.45) is 0 Å². The van der Waals surface area contributed by atoms with Crippen LogP contribution in [-0.4, -0.2) is 45.0 Å². The molecule has 26 heavy (non-hydrogen) atoms. The first kappa shape index (κ1) is 17.1. The molecule has 1 fully saturated rings. The molecule has 0 radical (unpaired) electrons. The normalized spacial score (nSPS) is 15.0. The molecule has 1 amide bonds. The van der Waals surface area contributed by atoms with Crippen molar-refractivity contribution >= 4 is 28.6 Å². The van der Waals surface area contributed by atoms with E-state index in [0.717, 1.165) is 47.0 Å². The van der Waals surface area contributed by atoms with E-state index in [0.29, 0.717) is 11.7 Å². The molecule has 0 atom stereocenters. The minimum atomic E-state index is 0.0815. The number of nitrogens with one attached hydrogen (secondary N) is 1. The number of H-pyrrole nitrogens is 1. The van der Waals surface area contributed by atoms with Gasteiger partial charge in [0.2, 0.25) is 0 Å². The fourth-order valence-corrected chi connectivity index (χ4v) is 4.03. The van der Waals surface area contributed by atoms with Gasteiger partial charge < -0.3 is 19.2 Å². The molecule has 1 N–H and O–H groups in total. The molecule has 2 aromatic heterocycles. The van der Waals surface area contributed by atoms with Crippen molar-refractivity contribution in [3.63, 3.8) is 0 Å². The highest BCUT2D eigenvalue weighted by molar-refractivity contribution is 7.99. The minimum absolute atomic E-state index is 0.0815. The lowest BCUT2D eigenvalue weighted by molar-refractivity contribution is 0.0767. The molecule has 0 bridgehead atoms. The summed E-state index contributed by atoms with van der Waals surface area (Å²) in [7, 11) is 0.